The van der Waals surface area contributed by atoms with Gasteiger partial charge in [0.1, 0.15) is 25.4 Å². The van der Waals surface area contributed by atoms with Crippen LogP contribution in [0.4, 0.5) is 0 Å². The van der Waals surface area contributed by atoms with E-state index in [2.05, 4.69) is 191 Å². The Morgan fingerprint density at radius 2 is 0.469 bits per heavy atom. The number of hydrogen-bond donors (Lipinski definition) is 4. The summed E-state index contributed by atoms with van der Waals surface area (Å²) in [5, 5.41) is 20.7. The van der Waals surface area contributed by atoms with E-state index < -0.39 is 91.5 Å². The molecule has 0 aromatic heterocycles. The van der Waals surface area contributed by atoms with Crippen LogP contribution in [0.1, 0.15) is 355 Å². The Labute approximate surface area is 688 Å². The van der Waals surface area contributed by atoms with Crippen LogP contribution in [0.5, 0.6) is 0 Å². The predicted octanol–water partition coefficient (Wildman–Crippen LogP) is 27.1. The molecule has 0 fully saturated rings. The lowest BCUT2D eigenvalue weighted by Gasteiger charge is -2.21. The largest absolute Gasteiger partial charge is 0.472 e. The number of rotatable bonds is 83. The fourth-order valence-corrected chi connectivity index (χ4v) is 13.3. The van der Waals surface area contributed by atoms with Crippen molar-refractivity contribution in [2.45, 2.75) is 373 Å². The third-order valence-corrected chi connectivity index (χ3v) is 20.3. The summed E-state index contributed by atoms with van der Waals surface area (Å²) in [5.74, 6) is -1.60. The maximum atomic E-state index is 13.1. The van der Waals surface area contributed by atoms with E-state index in [0.29, 0.717) is 19.3 Å². The van der Waals surface area contributed by atoms with Gasteiger partial charge in [-0.25, -0.2) is 9.13 Å². The van der Waals surface area contributed by atoms with Gasteiger partial charge >= 0.3 is 33.6 Å². The van der Waals surface area contributed by atoms with Gasteiger partial charge in [0.25, 0.3) is 0 Å². The van der Waals surface area contributed by atoms with Crippen molar-refractivity contribution in [2.24, 2.45) is 0 Å². The minimum Gasteiger partial charge on any atom is -0.463 e. The lowest BCUT2D eigenvalue weighted by molar-refractivity contribution is -0.161. The molecule has 5 atom stereocenters. The van der Waals surface area contributed by atoms with Gasteiger partial charge in [-0.1, -0.05) is 351 Å². The number of allylic oxidation sites excluding steroid dienone is 28. The van der Waals surface area contributed by atoms with Crippen molar-refractivity contribution in [1.82, 2.24) is 0 Å². The average Bonchev–Trinajstić information content (AvgIpc) is 0.903. The van der Waals surface area contributed by atoms with Crippen molar-refractivity contribution in [3.63, 3.8) is 0 Å². The van der Waals surface area contributed by atoms with Gasteiger partial charge in [0.2, 0.25) is 0 Å². The molecule has 0 bridgehead atoms. The number of aliphatic hydroxyl groups excluding tert-OH is 2. The first-order valence-electron chi connectivity index (χ1n) is 44.4. The second-order valence-corrected chi connectivity index (χ2v) is 32.2. The highest BCUT2D eigenvalue weighted by molar-refractivity contribution is 7.47. The molecule has 0 rings (SSSR count). The molecule has 16 nitrogen and oxygen atoms in total. The zero-order valence-corrected chi connectivity index (χ0v) is 72.8. The molecule has 0 aliphatic heterocycles. The van der Waals surface area contributed by atoms with Gasteiger partial charge in [0, 0.05) is 19.3 Å². The fraction of sp³-hybridized carbons (Fsp3) is 0.674. The predicted molar refractivity (Wildman–Crippen MR) is 472 cm³/mol. The van der Waals surface area contributed by atoms with Gasteiger partial charge in [-0.15, -0.1) is 0 Å². The van der Waals surface area contributed by atoms with E-state index >= 15 is 0 Å². The quantitative estimate of drug-likeness (QED) is 0.0146. The molecule has 0 aliphatic rings. The highest BCUT2D eigenvalue weighted by Crippen LogP contribution is 2.45. The fourth-order valence-electron chi connectivity index (χ4n) is 11.7. The number of unbranched alkanes of at least 4 members (excludes halogenated alkanes) is 32. The Morgan fingerprint density at radius 1 is 0.257 bits per heavy atom. The monoisotopic (exact) mass is 1620 g/mol. The Balaban J connectivity index is 4.64. The molecule has 4 N–H and O–H groups in total. The Morgan fingerprint density at radius 3 is 0.743 bits per heavy atom. The third-order valence-electron chi connectivity index (χ3n) is 18.4. The van der Waals surface area contributed by atoms with E-state index in [1.165, 1.54) is 116 Å². The third kappa shape index (κ3) is 87.6. The van der Waals surface area contributed by atoms with E-state index in [-0.39, 0.29) is 19.3 Å². The number of ether oxygens (including phenoxy) is 3. The van der Waals surface area contributed by atoms with Gasteiger partial charge in [-0.05, 0) is 154 Å². The zero-order chi connectivity index (χ0) is 82.2. The van der Waals surface area contributed by atoms with Gasteiger partial charge in [-0.3, -0.25) is 32.5 Å². The molecular formula is C95H160O16P2. The van der Waals surface area contributed by atoms with Crippen LogP contribution in [-0.4, -0.2) is 95.9 Å². The number of phosphoric ester groups is 2. The normalized spacial score (nSPS) is 14.6. The Bertz CT molecular complexity index is 2730. The highest BCUT2D eigenvalue weighted by atomic mass is 31.2. The molecule has 0 aliphatic carbocycles. The van der Waals surface area contributed by atoms with E-state index in [4.69, 9.17) is 32.3 Å². The van der Waals surface area contributed by atoms with E-state index in [0.717, 1.165) is 180 Å². The summed E-state index contributed by atoms with van der Waals surface area (Å²) in [6.45, 7) is 2.43. The summed E-state index contributed by atoms with van der Waals surface area (Å²) in [4.78, 5) is 58.9. The van der Waals surface area contributed by atoms with Crippen molar-refractivity contribution >= 4 is 33.6 Å². The maximum absolute atomic E-state index is 13.1. The molecule has 0 amide bonds. The van der Waals surface area contributed by atoms with Crippen molar-refractivity contribution in [1.29, 1.82) is 0 Å². The van der Waals surface area contributed by atoms with Gasteiger partial charge < -0.3 is 34.2 Å². The van der Waals surface area contributed by atoms with E-state index in [9.17, 15) is 43.5 Å². The Hall–Kier alpha value is -5.09. The SMILES string of the molecule is CC/C=C\C/C=C\C/C=C\C/C=C\C/C=C\CCCCCCCCCCCCCCCC(=O)OCC(O)COP(=O)(O)OCC(O)COP(=O)(O)OCC(COC(=O)CCCCCCCCCCCCC/C=C\C/C=C\C/C=C\C/C=C\C/C=C\CC)OC(=O)CCCCCCC/C=C\C/C=C\C/C=C\C/C=C\CCCCC. The molecular weight excluding hydrogens is 1460 g/mol. The van der Waals surface area contributed by atoms with Crippen LogP contribution in [0.3, 0.4) is 0 Å². The summed E-state index contributed by atoms with van der Waals surface area (Å²) in [7, 11) is -9.82. The molecule has 5 unspecified atom stereocenters. The molecule has 0 aromatic rings. The van der Waals surface area contributed by atoms with Crippen molar-refractivity contribution in [2.75, 3.05) is 39.6 Å². The molecule has 0 aromatic carbocycles. The Kier molecular flexibility index (Phi) is 82.4. The van der Waals surface area contributed by atoms with Crippen molar-refractivity contribution in [3.05, 3.63) is 170 Å². The molecule has 0 radical (unpaired) electrons. The summed E-state index contributed by atoms with van der Waals surface area (Å²) in [6, 6.07) is 0. The molecule has 0 saturated heterocycles. The topological polar surface area (TPSA) is 231 Å². The van der Waals surface area contributed by atoms with Crippen LogP contribution < -0.4 is 0 Å². The van der Waals surface area contributed by atoms with Crippen molar-refractivity contribution < 1.29 is 75.8 Å². The van der Waals surface area contributed by atoms with Crippen LogP contribution in [-0.2, 0) is 55.8 Å². The minimum absolute atomic E-state index is 0.0785. The molecule has 113 heavy (non-hydrogen) atoms. The van der Waals surface area contributed by atoms with Crippen LogP contribution in [0.2, 0.25) is 0 Å². The van der Waals surface area contributed by atoms with Gasteiger partial charge in [0.15, 0.2) is 6.10 Å². The van der Waals surface area contributed by atoms with Crippen LogP contribution in [0.25, 0.3) is 0 Å². The van der Waals surface area contributed by atoms with Crippen molar-refractivity contribution in [3.8, 4) is 0 Å². The number of carbonyl (C=O) groups excluding carboxylic acids is 3. The number of phosphoric acid groups is 2. The first kappa shape index (κ1) is 108. The second kappa shape index (κ2) is 86.3. The minimum atomic E-state index is -4.95. The van der Waals surface area contributed by atoms with Crippen LogP contribution >= 0.6 is 15.6 Å². The molecule has 0 saturated carbocycles. The molecule has 0 heterocycles. The standard InChI is InChI=1S/C95H160O16P2/c1-4-7-10-13-16-19-22-25-28-31-34-37-39-41-43-44-46-48-49-52-54-57-60-63-66-69-72-75-78-81-93(98)105-84-90(96)85-107-112(101,102)108-86-91(97)87-109-113(103,104)110-89-92(111-95(100)83-80-77-74-71-68-65-62-59-56-51-36-33-30-27-24-21-18-15-12-9-6-3)88-106-94(99)82-79-76-73-70-67-64-61-58-55-53-50-47-45-42-40-38-35-32-29-26-23-20-17-14-11-8-5-2/h7-8,10-11,16-21,25-30,34-38,41-43,45,51,59,62,90-92,96-97H,4-6,9,12-15,22-24,31-33,39-40,44,46-50,52-58,60-61,63-89H2,1-3H3,(H,101,102)(H,103,104)/b10-7-,11-8-,19-16-,20-17-,21-18-,28-25-,29-26-,30-27-,37-34-,38-35-,43-41-,45-42-,51-36-,62-59-. The summed E-state index contributed by atoms with van der Waals surface area (Å²) < 4.78 is 61.4. The van der Waals surface area contributed by atoms with E-state index in [1.54, 1.807) is 0 Å². The highest BCUT2D eigenvalue weighted by Gasteiger charge is 2.29. The lowest BCUT2D eigenvalue weighted by atomic mass is 10.0. The molecule has 18 heteroatoms. The van der Waals surface area contributed by atoms with Crippen LogP contribution in [0.15, 0.2) is 170 Å². The first-order valence-corrected chi connectivity index (χ1v) is 47.4. The summed E-state index contributed by atoms with van der Waals surface area (Å²) >= 11 is 0. The summed E-state index contributed by atoms with van der Waals surface area (Å²) in [6.07, 6.45) is 111. The second-order valence-electron chi connectivity index (χ2n) is 29.3. The van der Waals surface area contributed by atoms with Gasteiger partial charge in [0.05, 0.1) is 26.4 Å². The number of hydrogen-bond acceptors (Lipinski definition) is 14. The number of aliphatic hydroxyl groups is 2. The van der Waals surface area contributed by atoms with Gasteiger partial charge in [-0.2, -0.15) is 0 Å². The molecule has 646 valence electrons. The molecule has 0 spiro atoms. The number of carbonyl (C=O) groups is 3. The number of esters is 3. The van der Waals surface area contributed by atoms with Crippen LogP contribution in [0, 0.1) is 0 Å². The average molecular weight is 1620 g/mol. The van der Waals surface area contributed by atoms with E-state index in [1.807, 2.05) is 0 Å². The smallest absolute Gasteiger partial charge is 0.463 e. The lowest BCUT2D eigenvalue weighted by Crippen LogP contribution is -2.30. The summed E-state index contributed by atoms with van der Waals surface area (Å²) in [5.41, 5.74) is 0. The first-order chi connectivity index (χ1) is 55.2. The zero-order valence-electron chi connectivity index (χ0n) is 71.0. The maximum Gasteiger partial charge on any atom is 0.472 e.